The molecule has 0 atom stereocenters. The second-order valence-corrected chi connectivity index (χ2v) is 4.92. The van der Waals surface area contributed by atoms with Crippen LogP contribution in [-0.2, 0) is 11.3 Å². The summed E-state index contributed by atoms with van der Waals surface area (Å²) in [6.45, 7) is 2.32. The van der Waals surface area contributed by atoms with Crippen molar-refractivity contribution in [2.75, 3.05) is 0 Å². The zero-order chi connectivity index (χ0) is 13.0. The van der Waals surface area contributed by atoms with Gasteiger partial charge < -0.3 is 11.1 Å². The highest BCUT2D eigenvalue weighted by molar-refractivity contribution is 5.78. The van der Waals surface area contributed by atoms with Crippen molar-refractivity contribution in [1.82, 2.24) is 15.3 Å². The molecule has 0 saturated heterocycles. The van der Waals surface area contributed by atoms with Gasteiger partial charge in [-0.3, -0.25) is 4.79 Å². The van der Waals surface area contributed by atoms with E-state index in [2.05, 4.69) is 15.3 Å². The molecule has 1 heterocycles. The lowest BCUT2D eigenvalue weighted by Crippen LogP contribution is -2.36. The van der Waals surface area contributed by atoms with E-state index in [-0.39, 0.29) is 17.9 Å². The highest BCUT2D eigenvalue weighted by Crippen LogP contribution is 2.23. The zero-order valence-corrected chi connectivity index (χ0v) is 10.7. The fraction of sp³-hybridized carbons (Fsp3) is 0.615. The van der Waals surface area contributed by atoms with Crippen molar-refractivity contribution in [2.24, 2.45) is 11.7 Å². The molecule has 1 amide bonds. The number of aromatic nitrogens is 2. The molecule has 1 aromatic heterocycles. The van der Waals surface area contributed by atoms with Gasteiger partial charge in [0.25, 0.3) is 0 Å². The number of nitrogens with two attached hydrogens (primary N) is 1. The van der Waals surface area contributed by atoms with E-state index in [1.165, 1.54) is 0 Å². The first-order valence-corrected chi connectivity index (χ1v) is 6.47. The second kappa shape index (κ2) is 5.91. The summed E-state index contributed by atoms with van der Waals surface area (Å²) < 4.78 is 0. The lowest BCUT2D eigenvalue weighted by atomic mass is 9.86. The van der Waals surface area contributed by atoms with Gasteiger partial charge in [0.1, 0.15) is 5.82 Å². The number of amides is 1. The van der Waals surface area contributed by atoms with E-state index in [9.17, 15) is 4.79 Å². The Hall–Kier alpha value is -1.49. The van der Waals surface area contributed by atoms with Crippen LogP contribution in [0.15, 0.2) is 12.3 Å². The summed E-state index contributed by atoms with van der Waals surface area (Å²) in [5.74, 6) is 0.969. The predicted molar refractivity (Wildman–Crippen MR) is 68.5 cm³/mol. The Kier molecular flexibility index (Phi) is 4.25. The summed E-state index contributed by atoms with van der Waals surface area (Å²) in [5, 5.41) is 2.94. The SMILES string of the molecule is Cc1nccc(CNC(=O)C2CCC(N)CC2)n1. The molecule has 98 valence electrons. The molecule has 0 bridgehead atoms. The van der Waals surface area contributed by atoms with E-state index < -0.39 is 0 Å². The van der Waals surface area contributed by atoms with Crippen LogP contribution in [0.4, 0.5) is 0 Å². The van der Waals surface area contributed by atoms with Crippen molar-refractivity contribution >= 4 is 5.91 Å². The summed E-state index contributed by atoms with van der Waals surface area (Å²) in [7, 11) is 0. The molecule has 0 spiro atoms. The maximum absolute atomic E-state index is 12.0. The van der Waals surface area contributed by atoms with Crippen LogP contribution in [0.1, 0.15) is 37.2 Å². The molecule has 1 aliphatic rings. The molecule has 1 saturated carbocycles. The minimum atomic E-state index is 0.118. The molecule has 18 heavy (non-hydrogen) atoms. The molecule has 5 nitrogen and oxygen atoms in total. The van der Waals surface area contributed by atoms with Gasteiger partial charge in [0, 0.05) is 18.2 Å². The largest absolute Gasteiger partial charge is 0.350 e. The van der Waals surface area contributed by atoms with Crippen molar-refractivity contribution in [1.29, 1.82) is 0 Å². The summed E-state index contributed by atoms with van der Waals surface area (Å²) in [5.41, 5.74) is 6.68. The Bertz CT molecular complexity index is 413. The Balaban J connectivity index is 1.81. The predicted octanol–water partition coefficient (Wildman–Crippen LogP) is 0.919. The second-order valence-electron chi connectivity index (χ2n) is 4.92. The average Bonchev–Trinajstić information content (AvgIpc) is 2.37. The summed E-state index contributed by atoms with van der Waals surface area (Å²) in [6, 6.07) is 2.10. The van der Waals surface area contributed by atoms with E-state index in [4.69, 9.17) is 5.73 Å². The van der Waals surface area contributed by atoms with Crippen LogP contribution in [0.5, 0.6) is 0 Å². The maximum Gasteiger partial charge on any atom is 0.223 e. The molecule has 1 fully saturated rings. The standard InChI is InChI=1S/C13H20N4O/c1-9-15-7-6-12(17-9)8-16-13(18)10-2-4-11(14)5-3-10/h6-7,10-11H,2-5,8,14H2,1H3,(H,16,18). The van der Waals surface area contributed by atoms with Crippen LogP contribution in [0, 0.1) is 12.8 Å². The van der Waals surface area contributed by atoms with Crippen LogP contribution < -0.4 is 11.1 Å². The number of hydrogen-bond acceptors (Lipinski definition) is 4. The van der Waals surface area contributed by atoms with Crippen LogP contribution >= 0.6 is 0 Å². The van der Waals surface area contributed by atoms with Gasteiger partial charge in [0.15, 0.2) is 0 Å². The number of rotatable bonds is 3. The van der Waals surface area contributed by atoms with E-state index in [0.717, 1.165) is 37.2 Å². The van der Waals surface area contributed by atoms with Crippen molar-refractivity contribution in [3.63, 3.8) is 0 Å². The molecule has 3 N–H and O–H groups in total. The molecule has 0 unspecified atom stereocenters. The molecular formula is C13H20N4O. The molecule has 2 rings (SSSR count). The van der Waals surface area contributed by atoms with Crippen molar-refractivity contribution < 1.29 is 4.79 Å². The number of carbonyl (C=O) groups excluding carboxylic acids is 1. The minimum absolute atomic E-state index is 0.118. The van der Waals surface area contributed by atoms with Gasteiger partial charge in [-0.25, -0.2) is 9.97 Å². The van der Waals surface area contributed by atoms with E-state index in [1.54, 1.807) is 6.20 Å². The van der Waals surface area contributed by atoms with Gasteiger partial charge in [0.2, 0.25) is 5.91 Å². The number of nitrogens with zero attached hydrogens (tertiary/aromatic N) is 2. The molecule has 0 aromatic carbocycles. The fourth-order valence-electron chi connectivity index (χ4n) is 2.31. The smallest absolute Gasteiger partial charge is 0.223 e. The average molecular weight is 248 g/mol. The van der Waals surface area contributed by atoms with E-state index in [0.29, 0.717) is 6.54 Å². The van der Waals surface area contributed by atoms with Crippen LogP contribution in [0.25, 0.3) is 0 Å². The van der Waals surface area contributed by atoms with Gasteiger partial charge in [-0.05, 0) is 38.7 Å². The molecule has 1 aromatic rings. The third-order valence-corrected chi connectivity index (χ3v) is 3.42. The van der Waals surface area contributed by atoms with E-state index >= 15 is 0 Å². The normalized spacial score (nSPS) is 23.7. The molecule has 1 aliphatic carbocycles. The van der Waals surface area contributed by atoms with Crippen LogP contribution in [-0.4, -0.2) is 21.9 Å². The van der Waals surface area contributed by atoms with Gasteiger partial charge in [-0.15, -0.1) is 0 Å². The minimum Gasteiger partial charge on any atom is -0.350 e. The Morgan fingerprint density at radius 3 is 2.83 bits per heavy atom. The maximum atomic E-state index is 12.0. The summed E-state index contributed by atoms with van der Waals surface area (Å²) >= 11 is 0. The lowest BCUT2D eigenvalue weighted by molar-refractivity contribution is -0.126. The van der Waals surface area contributed by atoms with Gasteiger partial charge in [-0.2, -0.15) is 0 Å². The summed E-state index contributed by atoms with van der Waals surface area (Å²) in [4.78, 5) is 20.3. The van der Waals surface area contributed by atoms with E-state index in [1.807, 2.05) is 13.0 Å². The number of carbonyl (C=O) groups is 1. The van der Waals surface area contributed by atoms with Crippen molar-refractivity contribution in [3.05, 3.63) is 23.8 Å². The molecule has 5 heteroatoms. The lowest BCUT2D eigenvalue weighted by Gasteiger charge is -2.25. The third kappa shape index (κ3) is 3.50. The highest BCUT2D eigenvalue weighted by atomic mass is 16.1. The zero-order valence-electron chi connectivity index (χ0n) is 10.7. The van der Waals surface area contributed by atoms with Gasteiger partial charge in [-0.1, -0.05) is 0 Å². The first-order chi connectivity index (χ1) is 8.65. The van der Waals surface area contributed by atoms with Gasteiger partial charge in [0.05, 0.1) is 12.2 Å². The van der Waals surface area contributed by atoms with Crippen molar-refractivity contribution in [3.8, 4) is 0 Å². The third-order valence-electron chi connectivity index (χ3n) is 3.42. The Morgan fingerprint density at radius 2 is 2.17 bits per heavy atom. The number of nitrogens with one attached hydrogen (secondary N) is 1. The fourth-order valence-corrected chi connectivity index (χ4v) is 2.31. The first-order valence-electron chi connectivity index (χ1n) is 6.47. The van der Waals surface area contributed by atoms with Crippen LogP contribution in [0.2, 0.25) is 0 Å². The monoisotopic (exact) mass is 248 g/mol. The van der Waals surface area contributed by atoms with Crippen molar-refractivity contribution in [2.45, 2.75) is 45.2 Å². The highest BCUT2D eigenvalue weighted by Gasteiger charge is 2.24. The molecule has 0 aliphatic heterocycles. The van der Waals surface area contributed by atoms with Crippen LogP contribution in [0.3, 0.4) is 0 Å². The summed E-state index contributed by atoms with van der Waals surface area (Å²) in [6.07, 6.45) is 5.41. The Labute approximate surface area is 107 Å². The number of aryl methyl sites for hydroxylation is 1. The molecule has 0 radical (unpaired) electrons. The molecular weight excluding hydrogens is 228 g/mol. The topological polar surface area (TPSA) is 80.9 Å². The number of hydrogen-bond donors (Lipinski definition) is 2. The first kappa shape index (κ1) is 13.0. The van der Waals surface area contributed by atoms with Gasteiger partial charge >= 0.3 is 0 Å². The Morgan fingerprint density at radius 1 is 1.44 bits per heavy atom. The quantitative estimate of drug-likeness (QED) is 0.833.